The summed E-state index contributed by atoms with van der Waals surface area (Å²) >= 11 is 0. The number of para-hydroxylation sites is 2. The highest BCUT2D eigenvalue weighted by Crippen LogP contribution is 2.68. The van der Waals surface area contributed by atoms with Gasteiger partial charge in [0.1, 0.15) is 12.6 Å². The van der Waals surface area contributed by atoms with Crippen LogP contribution in [0.15, 0.2) is 91.0 Å². The second-order valence-corrected chi connectivity index (χ2v) is 15.9. The van der Waals surface area contributed by atoms with E-state index in [1.165, 1.54) is 72.9 Å². The molecule has 0 N–H and O–H groups in total. The monoisotopic (exact) mass is 609 g/mol. The van der Waals surface area contributed by atoms with Gasteiger partial charge in [-0.25, -0.2) is 0 Å². The summed E-state index contributed by atoms with van der Waals surface area (Å²) in [6.45, 7) is 5.44. The third-order valence-corrected chi connectivity index (χ3v) is 14.0. The van der Waals surface area contributed by atoms with Crippen molar-refractivity contribution in [3.63, 3.8) is 0 Å². The highest BCUT2D eigenvalue weighted by atomic mass is 16.5. The molecule has 4 aromatic carbocycles. The molecule has 0 spiro atoms. The van der Waals surface area contributed by atoms with Crippen LogP contribution >= 0.6 is 0 Å². The van der Waals surface area contributed by atoms with Gasteiger partial charge in [-0.3, -0.25) is 4.79 Å². The maximum absolute atomic E-state index is 13.7. The average molecular weight is 610 g/mol. The van der Waals surface area contributed by atoms with Crippen LogP contribution in [0.4, 0.5) is 0 Å². The Kier molecular flexibility index (Phi) is 6.67. The number of rotatable bonds is 4. The van der Waals surface area contributed by atoms with Crippen molar-refractivity contribution < 1.29 is 9.53 Å². The third-order valence-electron chi connectivity index (χ3n) is 14.0. The van der Waals surface area contributed by atoms with Crippen LogP contribution in [0.25, 0.3) is 32.6 Å². The summed E-state index contributed by atoms with van der Waals surface area (Å²) in [5.41, 5.74) is 4.30. The van der Waals surface area contributed by atoms with E-state index in [1.54, 1.807) is 5.56 Å². The first kappa shape index (κ1) is 28.6. The minimum Gasteiger partial charge on any atom is -0.460 e. The Labute approximate surface area is 273 Å². The van der Waals surface area contributed by atoms with E-state index in [2.05, 4.69) is 109 Å². The number of carbonyl (C=O) groups excluding carboxylic acids is 1. The Hall–Kier alpha value is -3.59. The Morgan fingerprint density at radius 2 is 1.33 bits per heavy atom. The van der Waals surface area contributed by atoms with Gasteiger partial charge in [0.05, 0.1) is 0 Å². The topological polar surface area (TPSA) is 31.2 Å². The molecule has 4 fully saturated rings. The number of esters is 1. The van der Waals surface area contributed by atoms with Crippen LogP contribution < -0.4 is 0 Å². The lowest BCUT2D eigenvalue weighted by Gasteiger charge is -2.62. The third kappa shape index (κ3) is 4.19. The molecule has 46 heavy (non-hydrogen) atoms. The summed E-state index contributed by atoms with van der Waals surface area (Å²) in [7, 11) is 0. The number of aromatic nitrogens is 1. The molecule has 2 unspecified atom stereocenters. The van der Waals surface area contributed by atoms with Crippen LogP contribution in [0.1, 0.15) is 83.1 Å². The smallest absolute Gasteiger partial charge is 0.326 e. The van der Waals surface area contributed by atoms with E-state index in [1.807, 2.05) is 0 Å². The lowest BCUT2D eigenvalue weighted by molar-refractivity contribution is -0.164. The molecule has 1 heterocycles. The van der Waals surface area contributed by atoms with Gasteiger partial charge in [-0.1, -0.05) is 99.1 Å². The van der Waals surface area contributed by atoms with Gasteiger partial charge in [-0.05, 0) is 115 Å². The summed E-state index contributed by atoms with van der Waals surface area (Å²) in [5, 5.41) is 5.26. The van der Waals surface area contributed by atoms with Gasteiger partial charge >= 0.3 is 5.97 Å². The fourth-order valence-corrected chi connectivity index (χ4v) is 12.0. The average Bonchev–Trinajstić information content (AvgIpc) is 3.58. The van der Waals surface area contributed by atoms with Crippen LogP contribution in [0.3, 0.4) is 0 Å². The first-order valence-corrected chi connectivity index (χ1v) is 18.1. The van der Waals surface area contributed by atoms with Crippen LogP contribution in [0.2, 0.25) is 0 Å². The van der Waals surface area contributed by atoms with Crippen LogP contribution in [-0.4, -0.2) is 16.6 Å². The van der Waals surface area contributed by atoms with Gasteiger partial charge in [0.2, 0.25) is 0 Å². The maximum atomic E-state index is 13.7. The van der Waals surface area contributed by atoms with Crippen molar-refractivity contribution in [3.05, 3.63) is 96.6 Å². The molecule has 4 aliphatic carbocycles. The molecule has 0 radical (unpaired) electrons. The molecule has 4 aliphatic rings. The largest absolute Gasteiger partial charge is 0.460 e. The van der Waals surface area contributed by atoms with Gasteiger partial charge in [0, 0.05) is 27.2 Å². The second-order valence-electron chi connectivity index (χ2n) is 15.9. The number of nitrogens with zero attached hydrogens (tertiary/aromatic N) is 1. The van der Waals surface area contributed by atoms with Gasteiger partial charge in [0.15, 0.2) is 0 Å². The fourth-order valence-electron chi connectivity index (χ4n) is 12.0. The Morgan fingerprint density at radius 3 is 2.11 bits per heavy atom. The normalized spacial score (nSPS) is 33.9. The maximum Gasteiger partial charge on any atom is 0.326 e. The molecule has 0 aliphatic heterocycles. The predicted molar refractivity (Wildman–Crippen MR) is 188 cm³/mol. The summed E-state index contributed by atoms with van der Waals surface area (Å²) < 4.78 is 8.69. The zero-order valence-electron chi connectivity index (χ0n) is 27.5. The van der Waals surface area contributed by atoms with E-state index in [0.717, 1.165) is 35.2 Å². The summed E-state index contributed by atoms with van der Waals surface area (Å²) in [6, 6.07) is 32.9. The van der Waals surface area contributed by atoms with Crippen LogP contribution in [0, 0.1) is 34.5 Å². The number of hydrogen-bond acceptors (Lipinski definition) is 2. The molecule has 9 rings (SSSR count). The first-order valence-electron chi connectivity index (χ1n) is 18.1. The zero-order chi connectivity index (χ0) is 31.0. The van der Waals surface area contributed by atoms with E-state index in [0.29, 0.717) is 17.3 Å². The molecule has 5 aromatic rings. The van der Waals surface area contributed by atoms with Crippen molar-refractivity contribution in [2.45, 2.75) is 90.2 Å². The van der Waals surface area contributed by atoms with Crippen molar-refractivity contribution in [2.75, 3.05) is 0 Å². The lowest BCUT2D eigenvalue weighted by atomic mass is 9.43. The number of ether oxygens (including phenoxy) is 1. The van der Waals surface area contributed by atoms with Crippen molar-refractivity contribution in [2.24, 2.45) is 34.5 Å². The van der Waals surface area contributed by atoms with Gasteiger partial charge in [-0.15, -0.1) is 0 Å². The lowest BCUT2D eigenvalue weighted by Crippen LogP contribution is -2.54. The fraction of sp³-hybridized carbons (Fsp3) is 0.465. The minimum absolute atomic E-state index is 0.0272. The SMILES string of the molecule is C[C@]12CC[C@H]3[C@@H](CCC4C(c5cccc6ccccc56)CCC[C@@]43C)[C@@H]1CC[C@@H]2OC(=O)Cn1c2ccccc2c2ccccc21. The van der Waals surface area contributed by atoms with Gasteiger partial charge in [-0.2, -0.15) is 0 Å². The quantitative estimate of drug-likeness (QED) is 0.190. The molecule has 236 valence electrons. The first-order chi connectivity index (χ1) is 22.5. The minimum atomic E-state index is -0.0821. The number of benzene rings is 4. The molecule has 3 heteroatoms. The molecule has 1 aromatic heterocycles. The molecular weight excluding hydrogens is 562 g/mol. The molecule has 0 saturated heterocycles. The summed E-state index contributed by atoms with van der Waals surface area (Å²) in [4.78, 5) is 13.7. The van der Waals surface area contributed by atoms with E-state index in [4.69, 9.17) is 4.74 Å². The second kappa shape index (κ2) is 10.7. The van der Waals surface area contributed by atoms with Crippen molar-refractivity contribution in [1.29, 1.82) is 0 Å². The number of fused-ring (bicyclic) bond motifs is 9. The van der Waals surface area contributed by atoms with E-state index < -0.39 is 0 Å². The van der Waals surface area contributed by atoms with Crippen molar-refractivity contribution >= 4 is 38.5 Å². The molecule has 4 saturated carbocycles. The highest BCUT2D eigenvalue weighted by Gasteiger charge is 2.61. The Bertz CT molecular complexity index is 1900. The zero-order valence-corrected chi connectivity index (χ0v) is 27.5. The van der Waals surface area contributed by atoms with Gasteiger partial charge in [0.25, 0.3) is 0 Å². The van der Waals surface area contributed by atoms with E-state index in [-0.39, 0.29) is 24.0 Å². The summed E-state index contributed by atoms with van der Waals surface area (Å²) in [6.07, 6.45) is 11.5. The standard InChI is InChI=1S/C43H47NO2/c1-42-25-10-17-31(30-16-9-12-28-11-3-4-13-29(28)30)35(42)21-20-34-36-22-23-40(43(36,2)26-24-37(34)42)46-41(45)27-44-38-18-7-5-14-32(38)33-15-6-8-19-39(33)44/h3-9,11-16,18-19,31,34-37,40H,10,17,20-27H2,1-2H3/t31?,34-,35?,36-,37-,40-,42-,43-/m0/s1. The number of hydrogen-bond donors (Lipinski definition) is 0. The molecular formula is C43H47NO2. The van der Waals surface area contributed by atoms with Crippen molar-refractivity contribution in [3.8, 4) is 0 Å². The molecule has 0 amide bonds. The van der Waals surface area contributed by atoms with E-state index in [9.17, 15) is 4.79 Å². The van der Waals surface area contributed by atoms with Crippen LogP contribution in [-0.2, 0) is 16.1 Å². The molecule has 8 atom stereocenters. The molecule has 0 bridgehead atoms. The van der Waals surface area contributed by atoms with Gasteiger partial charge < -0.3 is 9.30 Å². The van der Waals surface area contributed by atoms with Crippen LogP contribution in [0.5, 0.6) is 0 Å². The van der Waals surface area contributed by atoms with Crippen molar-refractivity contribution in [1.82, 2.24) is 4.57 Å². The predicted octanol–water partition coefficient (Wildman–Crippen LogP) is 10.7. The Balaban J connectivity index is 0.951. The van der Waals surface area contributed by atoms with E-state index >= 15 is 0 Å². The number of carbonyl (C=O) groups is 1. The molecule has 3 nitrogen and oxygen atoms in total. The summed E-state index contributed by atoms with van der Waals surface area (Å²) in [5.74, 6) is 3.55. The highest BCUT2D eigenvalue weighted by molar-refractivity contribution is 6.08. The Morgan fingerprint density at radius 1 is 0.674 bits per heavy atom.